The second-order valence-electron chi connectivity index (χ2n) is 5.91. The molecule has 1 saturated carbocycles. The molecule has 0 amide bonds. The maximum absolute atomic E-state index is 9.68. The second-order valence-corrected chi connectivity index (χ2v) is 6.66. The highest BCUT2D eigenvalue weighted by molar-refractivity contribution is 9.10. The number of unbranched alkanes of at least 4 members (excludes halogenated alkanes) is 1. The molecule has 2 N–H and O–H groups in total. The Balaban J connectivity index is 1.87. The molecule has 1 aliphatic carbocycles. The summed E-state index contributed by atoms with van der Waals surface area (Å²) >= 11 is 3.50. The molecule has 120 valence electrons. The van der Waals surface area contributed by atoms with Gasteiger partial charge in [0.2, 0.25) is 5.95 Å². The highest BCUT2D eigenvalue weighted by Gasteiger charge is 2.24. The highest BCUT2D eigenvalue weighted by atomic mass is 79.9. The molecule has 2 heterocycles. The monoisotopic (exact) mass is 367 g/mol. The van der Waals surface area contributed by atoms with E-state index in [4.69, 9.17) is 0 Å². The quantitative estimate of drug-likeness (QED) is 0.793. The first-order valence-corrected chi connectivity index (χ1v) is 8.81. The zero-order valence-electron chi connectivity index (χ0n) is 12.8. The molecule has 22 heavy (non-hydrogen) atoms. The van der Waals surface area contributed by atoms with E-state index < -0.39 is 0 Å². The van der Waals surface area contributed by atoms with Crippen LogP contribution in [0.5, 0.6) is 0 Å². The molecule has 0 bridgehead atoms. The van der Waals surface area contributed by atoms with Gasteiger partial charge in [0.25, 0.3) is 0 Å². The normalized spacial score (nSPS) is 22.1. The van der Waals surface area contributed by atoms with Crippen molar-refractivity contribution < 1.29 is 5.11 Å². The molecule has 0 radical (unpaired) electrons. The Morgan fingerprint density at radius 2 is 2.14 bits per heavy atom. The molecule has 1 fully saturated rings. The van der Waals surface area contributed by atoms with Crippen LogP contribution in [0, 0.1) is 0 Å². The average Bonchev–Trinajstić information content (AvgIpc) is 2.85. The fourth-order valence-corrected chi connectivity index (χ4v) is 3.36. The van der Waals surface area contributed by atoms with Gasteiger partial charge < -0.3 is 10.4 Å². The van der Waals surface area contributed by atoms with Crippen molar-refractivity contribution in [3.05, 3.63) is 10.8 Å². The third-order valence-corrected chi connectivity index (χ3v) is 4.81. The van der Waals surface area contributed by atoms with E-state index in [0.717, 1.165) is 60.7 Å². The molecule has 7 heteroatoms. The van der Waals surface area contributed by atoms with E-state index in [9.17, 15) is 5.11 Å². The lowest BCUT2D eigenvalue weighted by molar-refractivity contribution is 0.109. The maximum atomic E-state index is 9.68. The van der Waals surface area contributed by atoms with Crippen LogP contribution in [0.15, 0.2) is 10.8 Å². The number of fused-ring (bicyclic) bond motifs is 1. The van der Waals surface area contributed by atoms with E-state index in [-0.39, 0.29) is 6.10 Å². The standard InChI is InChI=1S/C15H22BrN5O/c1-2-3-8-17-15-18-9-12-13(16)20-21(14(12)19-15)10-4-6-11(22)7-5-10/h9-11,22H,2-8H2,1H3,(H,17,18,19)/t10-,11-. The number of rotatable bonds is 5. The summed E-state index contributed by atoms with van der Waals surface area (Å²) in [6, 6.07) is 0.301. The van der Waals surface area contributed by atoms with Crippen LogP contribution in [0.25, 0.3) is 11.0 Å². The molecule has 0 unspecified atom stereocenters. The summed E-state index contributed by atoms with van der Waals surface area (Å²) in [5, 5.41) is 18.5. The predicted molar refractivity (Wildman–Crippen MR) is 89.9 cm³/mol. The topological polar surface area (TPSA) is 75.9 Å². The average molecular weight is 368 g/mol. The molecule has 0 spiro atoms. The summed E-state index contributed by atoms with van der Waals surface area (Å²) in [4.78, 5) is 9.01. The van der Waals surface area contributed by atoms with Gasteiger partial charge in [-0.25, -0.2) is 9.67 Å². The van der Waals surface area contributed by atoms with Crippen molar-refractivity contribution in [2.24, 2.45) is 0 Å². The number of nitrogens with one attached hydrogen (secondary N) is 1. The molecule has 3 rings (SSSR count). The van der Waals surface area contributed by atoms with Crippen molar-refractivity contribution >= 4 is 32.9 Å². The van der Waals surface area contributed by atoms with Gasteiger partial charge in [0.15, 0.2) is 5.65 Å². The molecule has 2 aromatic heterocycles. The van der Waals surface area contributed by atoms with Crippen molar-refractivity contribution in [3.63, 3.8) is 0 Å². The van der Waals surface area contributed by atoms with Crippen LogP contribution in [0.1, 0.15) is 51.5 Å². The third kappa shape index (κ3) is 3.25. The van der Waals surface area contributed by atoms with Crippen molar-refractivity contribution in [3.8, 4) is 0 Å². The Hall–Kier alpha value is -1.21. The Labute approximate surface area is 138 Å². The molecule has 0 aromatic carbocycles. The first kappa shape index (κ1) is 15.7. The second kappa shape index (κ2) is 6.91. The smallest absolute Gasteiger partial charge is 0.224 e. The maximum Gasteiger partial charge on any atom is 0.224 e. The van der Waals surface area contributed by atoms with Gasteiger partial charge in [-0.15, -0.1) is 0 Å². The van der Waals surface area contributed by atoms with Gasteiger partial charge in [-0.05, 0) is 48.0 Å². The summed E-state index contributed by atoms with van der Waals surface area (Å²) in [5.74, 6) is 0.658. The third-order valence-electron chi connectivity index (χ3n) is 4.23. The van der Waals surface area contributed by atoms with Gasteiger partial charge in [-0.3, -0.25) is 0 Å². The van der Waals surface area contributed by atoms with E-state index in [0.29, 0.717) is 12.0 Å². The lowest BCUT2D eigenvalue weighted by Gasteiger charge is -2.25. The van der Waals surface area contributed by atoms with E-state index in [2.05, 4.69) is 43.2 Å². The minimum absolute atomic E-state index is 0.164. The molecule has 0 saturated heterocycles. The van der Waals surface area contributed by atoms with Gasteiger partial charge in [0, 0.05) is 12.7 Å². The lowest BCUT2D eigenvalue weighted by atomic mass is 9.93. The number of aliphatic hydroxyl groups is 1. The first-order chi connectivity index (χ1) is 10.7. The predicted octanol–water partition coefficient (Wildman–Crippen LogP) is 3.28. The van der Waals surface area contributed by atoms with Gasteiger partial charge in [-0.2, -0.15) is 10.1 Å². The highest BCUT2D eigenvalue weighted by Crippen LogP contribution is 2.32. The number of hydrogen-bond acceptors (Lipinski definition) is 5. The van der Waals surface area contributed by atoms with Crippen LogP contribution in [0.4, 0.5) is 5.95 Å². The number of aromatic nitrogens is 4. The van der Waals surface area contributed by atoms with Crippen LogP contribution in [0.2, 0.25) is 0 Å². The zero-order chi connectivity index (χ0) is 15.5. The van der Waals surface area contributed by atoms with E-state index in [1.165, 1.54) is 0 Å². The lowest BCUT2D eigenvalue weighted by Crippen LogP contribution is -2.22. The van der Waals surface area contributed by atoms with E-state index in [1.807, 2.05) is 10.9 Å². The number of aliphatic hydroxyl groups excluding tert-OH is 1. The van der Waals surface area contributed by atoms with Crippen molar-refractivity contribution in [1.82, 2.24) is 19.7 Å². The van der Waals surface area contributed by atoms with Crippen molar-refractivity contribution in [2.45, 2.75) is 57.6 Å². The molecule has 1 aliphatic rings. The number of halogens is 1. The summed E-state index contributed by atoms with van der Waals surface area (Å²) in [5.41, 5.74) is 0.863. The van der Waals surface area contributed by atoms with Gasteiger partial charge >= 0.3 is 0 Å². The van der Waals surface area contributed by atoms with Crippen LogP contribution in [0.3, 0.4) is 0 Å². The number of nitrogens with zero attached hydrogens (tertiary/aromatic N) is 4. The molecule has 2 aromatic rings. The first-order valence-electron chi connectivity index (χ1n) is 8.01. The molecular formula is C15H22BrN5O. The molecular weight excluding hydrogens is 346 g/mol. The summed E-state index contributed by atoms with van der Waals surface area (Å²) in [6.45, 7) is 3.04. The zero-order valence-corrected chi connectivity index (χ0v) is 14.4. The number of hydrogen-bond donors (Lipinski definition) is 2. The summed E-state index contributed by atoms with van der Waals surface area (Å²) in [7, 11) is 0. The summed E-state index contributed by atoms with van der Waals surface area (Å²) in [6.07, 6.45) is 7.44. The molecule has 0 aliphatic heterocycles. The van der Waals surface area contributed by atoms with Gasteiger partial charge in [-0.1, -0.05) is 13.3 Å². The van der Waals surface area contributed by atoms with Crippen LogP contribution < -0.4 is 5.32 Å². The SMILES string of the molecule is CCCCNc1ncc2c(Br)nn([C@H]3CC[C@H](O)CC3)c2n1. The van der Waals surface area contributed by atoms with Crippen LogP contribution in [-0.4, -0.2) is 37.5 Å². The fraction of sp³-hybridized carbons (Fsp3) is 0.667. The minimum Gasteiger partial charge on any atom is -0.393 e. The van der Waals surface area contributed by atoms with Crippen LogP contribution in [-0.2, 0) is 0 Å². The van der Waals surface area contributed by atoms with Gasteiger partial charge in [0.05, 0.1) is 17.5 Å². The van der Waals surface area contributed by atoms with Crippen molar-refractivity contribution in [1.29, 1.82) is 0 Å². The summed E-state index contributed by atoms with van der Waals surface area (Å²) < 4.78 is 2.78. The Kier molecular flexibility index (Phi) is 4.93. The Morgan fingerprint density at radius 1 is 1.36 bits per heavy atom. The largest absolute Gasteiger partial charge is 0.393 e. The minimum atomic E-state index is -0.164. The van der Waals surface area contributed by atoms with Crippen molar-refractivity contribution in [2.75, 3.05) is 11.9 Å². The fourth-order valence-electron chi connectivity index (χ4n) is 2.91. The van der Waals surface area contributed by atoms with Gasteiger partial charge in [0.1, 0.15) is 4.60 Å². The molecule has 0 atom stereocenters. The van der Waals surface area contributed by atoms with E-state index in [1.54, 1.807) is 0 Å². The Bertz CT molecular complexity index is 636. The van der Waals surface area contributed by atoms with E-state index >= 15 is 0 Å². The molecule has 6 nitrogen and oxygen atoms in total. The van der Waals surface area contributed by atoms with Crippen LogP contribution >= 0.6 is 15.9 Å². The Morgan fingerprint density at radius 3 is 2.86 bits per heavy atom. The number of anilines is 1.